The van der Waals surface area contributed by atoms with Gasteiger partial charge in [0.25, 0.3) is 0 Å². The van der Waals surface area contributed by atoms with Gasteiger partial charge in [-0.3, -0.25) is 0 Å². The van der Waals surface area contributed by atoms with Gasteiger partial charge in [0.15, 0.2) is 0 Å². The molecule has 2 nitrogen and oxygen atoms in total. The zero-order chi connectivity index (χ0) is 11.4. The third-order valence-electron chi connectivity index (χ3n) is 4.78. The minimum absolute atomic E-state index is 0.776. The monoisotopic (exact) mass is 224 g/mol. The predicted octanol–water partition coefficient (Wildman–Crippen LogP) is 2.54. The van der Waals surface area contributed by atoms with Gasteiger partial charge < -0.3 is 10.6 Å². The van der Waals surface area contributed by atoms with Crippen molar-refractivity contribution >= 4 is 0 Å². The topological polar surface area (TPSA) is 24.1 Å². The molecule has 0 radical (unpaired) electrons. The smallest absolute Gasteiger partial charge is 0.00980 e. The highest BCUT2D eigenvalue weighted by Crippen LogP contribution is 2.34. The van der Waals surface area contributed by atoms with Crippen molar-refractivity contribution in [3.63, 3.8) is 0 Å². The molecule has 4 unspecified atom stereocenters. The summed E-state index contributed by atoms with van der Waals surface area (Å²) in [5.74, 6) is 1.86. The standard InChI is InChI=1S/C14H28N2/c1-3-12-6-7-14(11(12)2)16-13-5-4-9-15-10-8-13/h11-16H,3-10H2,1-2H3. The molecule has 0 aromatic rings. The van der Waals surface area contributed by atoms with Crippen molar-refractivity contribution in [2.24, 2.45) is 11.8 Å². The third-order valence-corrected chi connectivity index (χ3v) is 4.78. The molecule has 2 fully saturated rings. The number of hydrogen-bond donors (Lipinski definition) is 2. The molecule has 0 aromatic carbocycles. The average Bonchev–Trinajstić information content (AvgIpc) is 2.52. The van der Waals surface area contributed by atoms with Crippen LogP contribution in [0.25, 0.3) is 0 Å². The van der Waals surface area contributed by atoms with Gasteiger partial charge in [-0.15, -0.1) is 0 Å². The summed E-state index contributed by atoms with van der Waals surface area (Å²) in [7, 11) is 0. The molecule has 0 amide bonds. The first-order valence-corrected chi connectivity index (χ1v) is 7.28. The first-order valence-electron chi connectivity index (χ1n) is 7.28. The minimum Gasteiger partial charge on any atom is -0.317 e. The van der Waals surface area contributed by atoms with E-state index in [9.17, 15) is 0 Å². The van der Waals surface area contributed by atoms with Crippen molar-refractivity contribution in [1.82, 2.24) is 10.6 Å². The Labute approximate surface area is 101 Å². The molecule has 2 aliphatic rings. The van der Waals surface area contributed by atoms with Gasteiger partial charge in [-0.2, -0.15) is 0 Å². The molecule has 4 atom stereocenters. The second kappa shape index (κ2) is 6.02. The summed E-state index contributed by atoms with van der Waals surface area (Å²) in [5.41, 5.74) is 0. The van der Waals surface area contributed by atoms with Crippen molar-refractivity contribution in [1.29, 1.82) is 0 Å². The van der Waals surface area contributed by atoms with E-state index in [-0.39, 0.29) is 0 Å². The molecular formula is C14H28N2. The maximum atomic E-state index is 3.93. The molecule has 2 N–H and O–H groups in total. The lowest BCUT2D eigenvalue weighted by atomic mass is 9.93. The van der Waals surface area contributed by atoms with E-state index in [1.165, 1.54) is 51.6 Å². The third kappa shape index (κ3) is 2.98. The van der Waals surface area contributed by atoms with Crippen LogP contribution < -0.4 is 10.6 Å². The SMILES string of the molecule is CCC1CCC(NC2CCCNCC2)C1C. The quantitative estimate of drug-likeness (QED) is 0.770. The van der Waals surface area contributed by atoms with Crippen LogP contribution >= 0.6 is 0 Å². The maximum Gasteiger partial charge on any atom is 0.00980 e. The van der Waals surface area contributed by atoms with Crippen molar-refractivity contribution in [2.75, 3.05) is 13.1 Å². The average molecular weight is 224 g/mol. The van der Waals surface area contributed by atoms with Crippen LogP contribution in [0.2, 0.25) is 0 Å². The molecule has 1 aliphatic heterocycles. The van der Waals surface area contributed by atoms with Crippen molar-refractivity contribution < 1.29 is 0 Å². The molecule has 2 rings (SSSR count). The summed E-state index contributed by atoms with van der Waals surface area (Å²) in [6.07, 6.45) is 8.25. The Morgan fingerprint density at radius 2 is 2.00 bits per heavy atom. The van der Waals surface area contributed by atoms with E-state index < -0.39 is 0 Å². The number of nitrogens with one attached hydrogen (secondary N) is 2. The van der Waals surface area contributed by atoms with Crippen LogP contribution in [0.4, 0.5) is 0 Å². The summed E-state index contributed by atoms with van der Waals surface area (Å²) in [6, 6.07) is 1.58. The fourth-order valence-electron chi connectivity index (χ4n) is 3.55. The largest absolute Gasteiger partial charge is 0.317 e. The van der Waals surface area contributed by atoms with Gasteiger partial charge in [0.05, 0.1) is 0 Å². The van der Waals surface area contributed by atoms with Crippen molar-refractivity contribution in [3.8, 4) is 0 Å². The molecular weight excluding hydrogens is 196 g/mol. The van der Waals surface area contributed by atoms with Crippen LogP contribution in [0.5, 0.6) is 0 Å². The number of hydrogen-bond acceptors (Lipinski definition) is 2. The van der Waals surface area contributed by atoms with Gasteiger partial charge in [0, 0.05) is 12.1 Å². The highest BCUT2D eigenvalue weighted by atomic mass is 15.0. The highest BCUT2D eigenvalue weighted by Gasteiger charge is 2.32. The molecule has 1 aliphatic carbocycles. The molecule has 1 saturated heterocycles. The Morgan fingerprint density at radius 3 is 2.75 bits per heavy atom. The van der Waals surface area contributed by atoms with Gasteiger partial charge in [0.2, 0.25) is 0 Å². The van der Waals surface area contributed by atoms with Gasteiger partial charge in [-0.25, -0.2) is 0 Å². The van der Waals surface area contributed by atoms with Gasteiger partial charge >= 0.3 is 0 Å². The van der Waals surface area contributed by atoms with Gasteiger partial charge in [0.1, 0.15) is 0 Å². The van der Waals surface area contributed by atoms with E-state index in [0.29, 0.717) is 0 Å². The summed E-state index contributed by atoms with van der Waals surface area (Å²) < 4.78 is 0. The molecule has 0 bridgehead atoms. The van der Waals surface area contributed by atoms with Crippen LogP contribution in [-0.2, 0) is 0 Å². The number of rotatable bonds is 3. The van der Waals surface area contributed by atoms with E-state index in [2.05, 4.69) is 24.5 Å². The molecule has 0 spiro atoms. The second-order valence-electron chi connectivity index (χ2n) is 5.76. The van der Waals surface area contributed by atoms with E-state index in [1.807, 2.05) is 0 Å². The normalized spacial score (nSPS) is 40.9. The maximum absolute atomic E-state index is 3.93. The molecule has 94 valence electrons. The Balaban J connectivity index is 1.80. The molecule has 1 heterocycles. The van der Waals surface area contributed by atoms with E-state index in [0.717, 1.165) is 23.9 Å². The zero-order valence-electron chi connectivity index (χ0n) is 11.0. The highest BCUT2D eigenvalue weighted by molar-refractivity contribution is 4.89. The first kappa shape index (κ1) is 12.4. The van der Waals surface area contributed by atoms with E-state index in [1.54, 1.807) is 0 Å². The predicted molar refractivity (Wildman–Crippen MR) is 69.6 cm³/mol. The fraction of sp³-hybridized carbons (Fsp3) is 1.00. The van der Waals surface area contributed by atoms with E-state index >= 15 is 0 Å². The van der Waals surface area contributed by atoms with Gasteiger partial charge in [-0.05, 0) is 57.0 Å². The van der Waals surface area contributed by atoms with Crippen molar-refractivity contribution in [2.45, 2.75) is 64.5 Å². The van der Waals surface area contributed by atoms with Crippen LogP contribution in [0.3, 0.4) is 0 Å². The van der Waals surface area contributed by atoms with Crippen LogP contribution in [0.15, 0.2) is 0 Å². The molecule has 2 heteroatoms. The second-order valence-corrected chi connectivity index (χ2v) is 5.76. The Bertz CT molecular complexity index is 197. The van der Waals surface area contributed by atoms with Gasteiger partial charge in [-0.1, -0.05) is 20.3 Å². The summed E-state index contributed by atoms with van der Waals surface area (Å²) in [5, 5.41) is 7.43. The zero-order valence-corrected chi connectivity index (χ0v) is 11.0. The lowest BCUT2D eigenvalue weighted by Gasteiger charge is -2.26. The Hall–Kier alpha value is -0.0800. The van der Waals surface area contributed by atoms with Crippen LogP contribution in [-0.4, -0.2) is 25.2 Å². The summed E-state index contributed by atoms with van der Waals surface area (Å²) in [4.78, 5) is 0. The summed E-state index contributed by atoms with van der Waals surface area (Å²) >= 11 is 0. The summed E-state index contributed by atoms with van der Waals surface area (Å²) in [6.45, 7) is 7.22. The Kier molecular flexibility index (Phi) is 4.66. The first-order chi connectivity index (χ1) is 7.81. The van der Waals surface area contributed by atoms with E-state index in [4.69, 9.17) is 0 Å². The van der Waals surface area contributed by atoms with Crippen molar-refractivity contribution in [3.05, 3.63) is 0 Å². The molecule has 0 aromatic heterocycles. The minimum atomic E-state index is 0.776. The Morgan fingerprint density at radius 1 is 1.12 bits per heavy atom. The van der Waals surface area contributed by atoms with Crippen LogP contribution in [0, 0.1) is 11.8 Å². The lowest BCUT2D eigenvalue weighted by molar-refractivity contribution is 0.310. The lowest BCUT2D eigenvalue weighted by Crippen LogP contribution is -2.41. The molecule has 1 saturated carbocycles. The fourth-order valence-corrected chi connectivity index (χ4v) is 3.55. The molecule has 16 heavy (non-hydrogen) atoms. The van der Waals surface area contributed by atoms with Crippen LogP contribution in [0.1, 0.15) is 52.4 Å².